The Morgan fingerprint density at radius 3 is 2.66 bits per heavy atom. The number of aryl methyl sites for hydroxylation is 1. The minimum absolute atomic E-state index is 0.0413. The van der Waals surface area contributed by atoms with Gasteiger partial charge in [-0.1, -0.05) is 6.07 Å². The van der Waals surface area contributed by atoms with Crippen molar-refractivity contribution in [1.29, 1.82) is 0 Å². The van der Waals surface area contributed by atoms with Gasteiger partial charge < -0.3 is 4.57 Å². The molecule has 1 saturated carbocycles. The van der Waals surface area contributed by atoms with E-state index in [4.69, 9.17) is 0 Å². The van der Waals surface area contributed by atoms with E-state index in [1.54, 1.807) is 22.7 Å². The predicted molar refractivity (Wildman–Crippen MR) is 109 cm³/mol. The van der Waals surface area contributed by atoms with Gasteiger partial charge in [-0.3, -0.25) is 10.1 Å². The number of hydrogen-bond donors (Lipinski definition) is 1. The molecule has 1 N–H and O–H groups in total. The Bertz CT molecular complexity index is 1400. The Labute approximate surface area is 167 Å². The van der Waals surface area contributed by atoms with Crippen molar-refractivity contribution in [3.8, 4) is 11.4 Å². The van der Waals surface area contributed by atoms with Gasteiger partial charge in [0.2, 0.25) is 11.9 Å². The molecule has 3 heterocycles. The number of aromatic nitrogens is 4. The number of amides is 1. The highest BCUT2D eigenvalue weighted by Gasteiger charge is 2.30. The molecule has 29 heavy (non-hydrogen) atoms. The molecule has 1 aliphatic rings. The van der Waals surface area contributed by atoms with Crippen LogP contribution in [-0.4, -0.2) is 39.7 Å². The molecule has 0 atom stereocenters. The fraction of sp³-hybridized carbons (Fsp3) is 0.250. The SMILES string of the molecule is Cn1c(-c2cccc3nc(NC(=O)C4CC4)nn23)cc2cc(S(C)(=O)=O)ccc21. The van der Waals surface area contributed by atoms with E-state index in [2.05, 4.69) is 15.4 Å². The van der Waals surface area contributed by atoms with Crippen LogP contribution in [0.5, 0.6) is 0 Å². The van der Waals surface area contributed by atoms with Gasteiger partial charge in [-0.05, 0) is 49.2 Å². The standard InChI is InChI=1S/C20H19N5O3S/c1-24-15-9-8-14(29(2,27)28)10-13(15)11-17(24)16-4-3-5-18-21-20(23-25(16)18)22-19(26)12-6-7-12/h3-5,8-12H,6-7H2,1-2H3,(H,22,23,26). The summed E-state index contributed by atoms with van der Waals surface area (Å²) in [6, 6.07) is 12.7. The largest absolute Gasteiger partial charge is 0.342 e. The number of benzene rings is 1. The number of sulfone groups is 1. The minimum Gasteiger partial charge on any atom is -0.342 e. The van der Waals surface area contributed by atoms with Crippen molar-refractivity contribution in [2.45, 2.75) is 17.7 Å². The maximum atomic E-state index is 12.0. The highest BCUT2D eigenvalue weighted by atomic mass is 32.2. The van der Waals surface area contributed by atoms with Gasteiger partial charge in [-0.2, -0.15) is 4.98 Å². The lowest BCUT2D eigenvalue weighted by molar-refractivity contribution is -0.117. The fourth-order valence-electron chi connectivity index (χ4n) is 3.51. The number of carbonyl (C=O) groups is 1. The van der Waals surface area contributed by atoms with Crippen molar-refractivity contribution in [3.05, 3.63) is 42.5 Å². The van der Waals surface area contributed by atoms with E-state index < -0.39 is 9.84 Å². The Morgan fingerprint density at radius 2 is 1.93 bits per heavy atom. The second-order valence-corrected chi connectivity index (χ2v) is 9.48. The Balaban J connectivity index is 1.62. The Hall–Kier alpha value is -3.20. The smallest absolute Gasteiger partial charge is 0.249 e. The van der Waals surface area contributed by atoms with Gasteiger partial charge in [0.1, 0.15) is 0 Å². The van der Waals surface area contributed by atoms with Gasteiger partial charge in [0.25, 0.3) is 0 Å². The van der Waals surface area contributed by atoms with Crippen LogP contribution >= 0.6 is 0 Å². The van der Waals surface area contributed by atoms with Crippen LogP contribution in [0.3, 0.4) is 0 Å². The molecule has 0 bridgehead atoms. The number of nitrogens with one attached hydrogen (secondary N) is 1. The van der Waals surface area contributed by atoms with Crippen molar-refractivity contribution in [1.82, 2.24) is 19.2 Å². The first kappa shape index (κ1) is 17.9. The summed E-state index contributed by atoms with van der Waals surface area (Å²) in [4.78, 5) is 16.7. The minimum atomic E-state index is -3.28. The number of rotatable bonds is 4. The lowest BCUT2D eigenvalue weighted by Gasteiger charge is -2.06. The molecule has 1 aliphatic carbocycles. The van der Waals surface area contributed by atoms with Crippen LogP contribution in [-0.2, 0) is 21.7 Å². The third-order valence-electron chi connectivity index (χ3n) is 5.25. The maximum absolute atomic E-state index is 12.0. The van der Waals surface area contributed by atoms with Crippen LogP contribution in [0.15, 0.2) is 47.4 Å². The molecule has 0 radical (unpaired) electrons. The number of fused-ring (bicyclic) bond motifs is 2. The molecule has 0 saturated heterocycles. The molecule has 1 fully saturated rings. The Kier molecular flexibility index (Phi) is 3.79. The highest BCUT2D eigenvalue weighted by Crippen LogP contribution is 2.31. The van der Waals surface area contributed by atoms with Gasteiger partial charge in [-0.25, -0.2) is 12.9 Å². The molecule has 0 aliphatic heterocycles. The predicted octanol–water partition coefficient (Wildman–Crippen LogP) is 2.64. The summed E-state index contributed by atoms with van der Waals surface area (Å²) in [5.74, 6) is 0.316. The van der Waals surface area contributed by atoms with Gasteiger partial charge in [-0.15, -0.1) is 5.10 Å². The van der Waals surface area contributed by atoms with Crippen molar-refractivity contribution in [3.63, 3.8) is 0 Å². The maximum Gasteiger partial charge on any atom is 0.249 e. The summed E-state index contributed by atoms with van der Waals surface area (Å²) in [6.45, 7) is 0. The molecule has 3 aromatic heterocycles. The number of carbonyl (C=O) groups excluding carboxylic acids is 1. The lowest BCUT2D eigenvalue weighted by Crippen LogP contribution is -2.14. The summed E-state index contributed by atoms with van der Waals surface area (Å²) in [6.07, 6.45) is 3.03. The summed E-state index contributed by atoms with van der Waals surface area (Å²) in [7, 11) is -1.36. The summed E-state index contributed by atoms with van der Waals surface area (Å²) < 4.78 is 27.5. The van der Waals surface area contributed by atoms with Crippen LogP contribution in [0, 0.1) is 5.92 Å². The molecule has 1 aromatic carbocycles. The summed E-state index contributed by atoms with van der Waals surface area (Å²) in [5.41, 5.74) is 3.19. The first-order chi connectivity index (χ1) is 13.8. The summed E-state index contributed by atoms with van der Waals surface area (Å²) >= 11 is 0. The second kappa shape index (κ2) is 6.15. The van der Waals surface area contributed by atoms with Gasteiger partial charge >= 0.3 is 0 Å². The zero-order valence-electron chi connectivity index (χ0n) is 16.0. The van der Waals surface area contributed by atoms with Crippen molar-refractivity contribution in [2.24, 2.45) is 13.0 Å². The number of hydrogen-bond acceptors (Lipinski definition) is 5. The molecule has 1 amide bonds. The monoisotopic (exact) mass is 409 g/mol. The second-order valence-electron chi connectivity index (χ2n) is 7.46. The quantitative estimate of drug-likeness (QED) is 0.559. The van der Waals surface area contributed by atoms with Gasteiger partial charge in [0.05, 0.1) is 16.3 Å². The number of nitrogens with zero attached hydrogens (tertiary/aromatic N) is 4. The molecular formula is C20H19N5O3S. The van der Waals surface area contributed by atoms with Gasteiger partial charge in [0, 0.05) is 30.1 Å². The zero-order valence-corrected chi connectivity index (χ0v) is 16.8. The molecular weight excluding hydrogens is 390 g/mol. The van der Waals surface area contributed by atoms with Crippen LogP contribution in [0.25, 0.3) is 27.9 Å². The number of pyridine rings is 1. The zero-order chi connectivity index (χ0) is 20.3. The molecule has 4 aromatic rings. The van der Waals surface area contributed by atoms with E-state index in [-0.39, 0.29) is 22.7 Å². The fourth-order valence-corrected chi connectivity index (χ4v) is 4.17. The third-order valence-corrected chi connectivity index (χ3v) is 6.36. The van der Waals surface area contributed by atoms with E-state index >= 15 is 0 Å². The summed E-state index contributed by atoms with van der Waals surface area (Å²) in [5, 5.41) is 8.08. The van der Waals surface area contributed by atoms with E-state index in [0.29, 0.717) is 5.65 Å². The first-order valence-corrected chi connectivity index (χ1v) is 11.2. The molecule has 0 unspecified atom stereocenters. The van der Waals surface area contributed by atoms with E-state index in [9.17, 15) is 13.2 Å². The molecule has 0 spiro atoms. The molecule has 5 rings (SSSR count). The normalized spacial score (nSPS) is 14.6. The number of anilines is 1. The average Bonchev–Trinajstić information content (AvgIpc) is 3.37. The van der Waals surface area contributed by atoms with Crippen LogP contribution in [0.4, 0.5) is 5.95 Å². The van der Waals surface area contributed by atoms with E-state index in [1.807, 2.05) is 35.9 Å². The van der Waals surface area contributed by atoms with Crippen LogP contribution < -0.4 is 5.32 Å². The van der Waals surface area contributed by atoms with Gasteiger partial charge in [0.15, 0.2) is 15.5 Å². The van der Waals surface area contributed by atoms with Crippen LogP contribution in [0.2, 0.25) is 0 Å². The van der Waals surface area contributed by atoms with Crippen molar-refractivity contribution in [2.75, 3.05) is 11.6 Å². The first-order valence-electron chi connectivity index (χ1n) is 9.28. The average molecular weight is 409 g/mol. The Morgan fingerprint density at radius 1 is 1.14 bits per heavy atom. The highest BCUT2D eigenvalue weighted by molar-refractivity contribution is 7.90. The van der Waals surface area contributed by atoms with Crippen molar-refractivity contribution < 1.29 is 13.2 Å². The molecule has 148 valence electrons. The van der Waals surface area contributed by atoms with Crippen molar-refractivity contribution >= 4 is 38.2 Å². The topological polar surface area (TPSA) is 98.4 Å². The third kappa shape index (κ3) is 3.07. The molecule has 8 nitrogen and oxygen atoms in total. The molecule has 9 heteroatoms. The van der Waals surface area contributed by atoms with E-state index in [0.717, 1.165) is 35.1 Å². The van der Waals surface area contributed by atoms with E-state index in [1.165, 1.54) is 6.26 Å². The lowest BCUT2D eigenvalue weighted by atomic mass is 10.2. The van der Waals surface area contributed by atoms with Crippen LogP contribution in [0.1, 0.15) is 12.8 Å².